The molecule has 0 aliphatic rings. The van der Waals surface area contributed by atoms with Gasteiger partial charge in [0, 0.05) is 10.7 Å². The van der Waals surface area contributed by atoms with E-state index in [-0.39, 0.29) is 5.03 Å². The van der Waals surface area contributed by atoms with Crippen LogP contribution in [0, 0.1) is 6.92 Å². The lowest BCUT2D eigenvalue weighted by molar-refractivity contribution is 0.606. The van der Waals surface area contributed by atoms with E-state index < -0.39 is 9.05 Å². The molecule has 1 heterocycles. The number of halogens is 1. The molecule has 0 aliphatic heterocycles. The molecule has 56 valence electrons. The second kappa shape index (κ2) is 2.25. The summed E-state index contributed by atoms with van der Waals surface area (Å²) in [7, 11) is 1.33. The van der Waals surface area contributed by atoms with Crippen LogP contribution in [-0.2, 0) is 9.05 Å². The van der Waals surface area contributed by atoms with Crippen LogP contribution in [0.15, 0.2) is 11.4 Å². The summed E-state index contributed by atoms with van der Waals surface area (Å²) in [6.07, 6.45) is 1.28. The molecule has 6 heteroatoms. The van der Waals surface area contributed by atoms with E-state index >= 15 is 0 Å². The molecule has 10 heavy (non-hydrogen) atoms. The maximum Gasteiger partial charge on any atom is 0.280 e. The molecule has 0 aromatic carbocycles. The monoisotopic (exact) mass is 180 g/mol. The maximum atomic E-state index is 10.6. The number of aryl methyl sites for hydroxylation is 1. The number of H-pyrrole nitrogens is 1. The smallest absolute Gasteiger partial charge is 0.280 e. The van der Waals surface area contributed by atoms with E-state index in [2.05, 4.69) is 9.97 Å². The lowest BCUT2D eigenvalue weighted by Gasteiger charge is -1.88. The Morgan fingerprint density at radius 2 is 2.30 bits per heavy atom. The third-order valence-corrected chi connectivity index (χ3v) is 2.33. The predicted octanol–water partition coefficient (Wildman–Crippen LogP) is 0.646. The zero-order chi connectivity index (χ0) is 7.78. The topological polar surface area (TPSA) is 62.8 Å². The zero-order valence-corrected chi connectivity index (χ0v) is 6.70. The number of nitrogens with zero attached hydrogens (tertiary/aromatic N) is 1. The molecule has 4 nitrogen and oxygen atoms in total. The van der Waals surface area contributed by atoms with Crippen LogP contribution in [0.25, 0.3) is 0 Å². The molecule has 1 N–H and O–H groups in total. The van der Waals surface area contributed by atoms with Gasteiger partial charge in [0.05, 0.1) is 12.0 Å². The highest BCUT2D eigenvalue weighted by molar-refractivity contribution is 8.13. The molecular formula is C4H5ClN2O2S. The average Bonchev–Trinajstić information content (AvgIpc) is 2.11. The summed E-state index contributed by atoms with van der Waals surface area (Å²) in [5.74, 6) is 0. The van der Waals surface area contributed by atoms with Gasteiger partial charge in [-0.3, -0.25) is 0 Å². The van der Waals surface area contributed by atoms with Crippen molar-refractivity contribution < 1.29 is 8.42 Å². The van der Waals surface area contributed by atoms with Crippen LogP contribution in [0.5, 0.6) is 0 Å². The molecule has 0 atom stereocenters. The highest BCUT2D eigenvalue weighted by atomic mass is 35.7. The van der Waals surface area contributed by atoms with Gasteiger partial charge < -0.3 is 4.98 Å². The van der Waals surface area contributed by atoms with E-state index in [9.17, 15) is 8.42 Å². The summed E-state index contributed by atoms with van der Waals surface area (Å²) < 4.78 is 21.2. The Balaban J connectivity index is 3.32. The molecule has 0 amide bonds. The summed E-state index contributed by atoms with van der Waals surface area (Å²) in [6.45, 7) is 1.59. The molecule has 0 unspecified atom stereocenters. The van der Waals surface area contributed by atoms with Crippen molar-refractivity contribution in [3.8, 4) is 0 Å². The summed E-state index contributed by atoms with van der Waals surface area (Å²) in [5, 5.41) is -0.103. The lowest BCUT2D eigenvalue weighted by atomic mass is 10.6. The SMILES string of the molecule is Cc1[nH]cnc1S(=O)(=O)Cl. The van der Waals surface area contributed by atoms with Gasteiger partial charge in [-0.05, 0) is 6.92 Å². The van der Waals surface area contributed by atoms with Crippen molar-refractivity contribution in [1.82, 2.24) is 9.97 Å². The van der Waals surface area contributed by atoms with Crippen molar-refractivity contribution in [1.29, 1.82) is 0 Å². The van der Waals surface area contributed by atoms with Crippen LogP contribution in [0.2, 0.25) is 0 Å². The third-order valence-electron chi connectivity index (χ3n) is 1.01. The minimum atomic E-state index is -3.66. The number of aromatic amines is 1. The van der Waals surface area contributed by atoms with E-state index in [4.69, 9.17) is 10.7 Å². The molecule has 1 rings (SSSR count). The first-order chi connectivity index (χ1) is 4.52. The highest BCUT2D eigenvalue weighted by Gasteiger charge is 2.14. The second-order valence-corrected chi connectivity index (χ2v) is 4.25. The molecule has 0 saturated heterocycles. The Bertz CT molecular complexity index is 329. The van der Waals surface area contributed by atoms with Crippen LogP contribution < -0.4 is 0 Å². The number of aromatic nitrogens is 2. The maximum absolute atomic E-state index is 10.6. The largest absolute Gasteiger partial charge is 0.348 e. The van der Waals surface area contributed by atoms with Crippen LogP contribution in [0.3, 0.4) is 0 Å². The van der Waals surface area contributed by atoms with Crippen molar-refractivity contribution in [2.45, 2.75) is 11.9 Å². The van der Waals surface area contributed by atoms with Crippen molar-refractivity contribution in [2.24, 2.45) is 0 Å². The Morgan fingerprint density at radius 1 is 1.70 bits per heavy atom. The van der Waals surface area contributed by atoms with E-state index in [1.54, 1.807) is 6.92 Å². The number of rotatable bonds is 1. The van der Waals surface area contributed by atoms with Crippen LogP contribution in [-0.4, -0.2) is 18.4 Å². The molecule has 0 radical (unpaired) electrons. The number of nitrogens with one attached hydrogen (secondary N) is 1. The summed E-state index contributed by atoms with van der Waals surface area (Å²) in [5.41, 5.74) is 0.454. The molecule has 1 aromatic heterocycles. The van der Waals surface area contributed by atoms with Crippen molar-refractivity contribution in [3.63, 3.8) is 0 Å². The minimum absolute atomic E-state index is 0.103. The number of imidazole rings is 1. The van der Waals surface area contributed by atoms with E-state index in [0.717, 1.165) is 0 Å². The standard InChI is InChI=1S/C4H5ClN2O2S/c1-3-4(7-2-6-3)10(5,8)9/h2H,1H3,(H,6,7). The molecule has 0 saturated carbocycles. The van der Waals surface area contributed by atoms with Crippen molar-refractivity contribution in [2.75, 3.05) is 0 Å². The van der Waals surface area contributed by atoms with Crippen LogP contribution in [0.4, 0.5) is 0 Å². The van der Waals surface area contributed by atoms with Gasteiger partial charge in [-0.25, -0.2) is 13.4 Å². The molecule has 0 bridgehead atoms. The fourth-order valence-electron chi connectivity index (χ4n) is 0.592. The van der Waals surface area contributed by atoms with Gasteiger partial charge in [0.1, 0.15) is 0 Å². The predicted molar refractivity (Wildman–Crippen MR) is 36.4 cm³/mol. The molecule has 0 fully saturated rings. The highest BCUT2D eigenvalue weighted by Crippen LogP contribution is 2.13. The van der Waals surface area contributed by atoms with E-state index in [0.29, 0.717) is 5.69 Å². The quantitative estimate of drug-likeness (QED) is 0.646. The summed E-state index contributed by atoms with van der Waals surface area (Å²) >= 11 is 0. The summed E-state index contributed by atoms with van der Waals surface area (Å²) in [6, 6.07) is 0. The number of hydrogen-bond donors (Lipinski definition) is 1. The Labute approximate surface area is 62.7 Å². The molecular weight excluding hydrogens is 176 g/mol. The van der Waals surface area contributed by atoms with Gasteiger partial charge in [-0.15, -0.1) is 0 Å². The summed E-state index contributed by atoms with van der Waals surface area (Å²) in [4.78, 5) is 6.11. The number of hydrogen-bond acceptors (Lipinski definition) is 3. The fourth-order valence-corrected chi connectivity index (χ4v) is 1.66. The van der Waals surface area contributed by atoms with Gasteiger partial charge in [0.2, 0.25) is 0 Å². The minimum Gasteiger partial charge on any atom is -0.348 e. The Morgan fingerprint density at radius 3 is 2.50 bits per heavy atom. The van der Waals surface area contributed by atoms with Gasteiger partial charge in [0.25, 0.3) is 9.05 Å². The first-order valence-electron chi connectivity index (χ1n) is 2.46. The van der Waals surface area contributed by atoms with Gasteiger partial charge >= 0.3 is 0 Å². The molecule has 0 aliphatic carbocycles. The first-order valence-corrected chi connectivity index (χ1v) is 4.77. The van der Waals surface area contributed by atoms with Crippen LogP contribution >= 0.6 is 10.7 Å². The zero-order valence-electron chi connectivity index (χ0n) is 5.13. The van der Waals surface area contributed by atoms with Crippen molar-refractivity contribution >= 4 is 19.7 Å². The second-order valence-electron chi connectivity index (χ2n) is 1.77. The lowest BCUT2D eigenvalue weighted by Crippen LogP contribution is -1.92. The Kier molecular flexibility index (Phi) is 1.70. The third kappa shape index (κ3) is 1.30. The van der Waals surface area contributed by atoms with E-state index in [1.807, 2.05) is 0 Å². The normalized spacial score (nSPS) is 11.8. The van der Waals surface area contributed by atoms with Crippen molar-refractivity contribution in [3.05, 3.63) is 12.0 Å². The Hall–Kier alpha value is -0.550. The molecule has 0 spiro atoms. The van der Waals surface area contributed by atoms with Gasteiger partial charge in [0.15, 0.2) is 5.03 Å². The van der Waals surface area contributed by atoms with Gasteiger partial charge in [-0.2, -0.15) is 0 Å². The molecule has 1 aromatic rings. The fraction of sp³-hybridized carbons (Fsp3) is 0.250. The first kappa shape index (κ1) is 7.56. The van der Waals surface area contributed by atoms with Crippen LogP contribution in [0.1, 0.15) is 5.69 Å². The van der Waals surface area contributed by atoms with Gasteiger partial charge in [-0.1, -0.05) is 0 Å². The van der Waals surface area contributed by atoms with E-state index in [1.165, 1.54) is 6.33 Å². The average molecular weight is 181 g/mol.